The Hall–Kier alpha value is -1.73. The zero-order valence-corrected chi connectivity index (χ0v) is 13.3. The van der Waals surface area contributed by atoms with E-state index in [-0.39, 0.29) is 4.90 Å². The van der Waals surface area contributed by atoms with Crippen LogP contribution in [0.1, 0.15) is 0 Å². The third-order valence-electron chi connectivity index (χ3n) is 3.08. The molecule has 0 spiro atoms. The van der Waals surface area contributed by atoms with E-state index < -0.39 is 15.7 Å². The average molecular weight is 369 g/mol. The number of aromatic amines is 1. The summed E-state index contributed by atoms with van der Waals surface area (Å²) >= 11 is 3.29. The van der Waals surface area contributed by atoms with Crippen LogP contribution in [0.25, 0.3) is 22.4 Å². The maximum atomic E-state index is 13.9. The number of imidazole rings is 1. The van der Waals surface area contributed by atoms with Crippen molar-refractivity contribution in [2.75, 3.05) is 6.26 Å². The van der Waals surface area contributed by atoms with Crippen molar-refractivity contribution in [3.05, 3.63) is 46.7 Å². The summed E-state index contributed by atoms with van der Waals surface area (Å²) in [7, 11) is -3.30. The molecule has 0 fully saturated rings. The second kappa shape index (κ2) is 4.92. The van der Waals surface area contributed by atoms with Crippen LogP contribution in [0, 0.1) is 5.82 Å². The summed E-state index contributed by atoms with van der Waals surface area (Å²) in [6.07, 6.45) is 1.14. The SMILES string of the molecule is CS(=O)(=O)c1ccc2nc(-c3c(F)cccc3Br)[nH]c2c1. The molecule has 0 aliphatic heterocycles. The second-order valence-corrected chi connectivity index (χ2v) is 7.50. The van der Waals surface area contributed by atoms with E-state index in [1.54, 1.807) is 18.2 Å². The number of rotatable bonds is 2. The van der Waals surface area contributed by atoms with Gasteiger partial charge in [-0.2, -0.15) is 0 Å². The van der Waals surface area contributed by atoms with Gasteiger partial charge in [0.15, 0.2) is 9.84 Å². The molecule has 0 atom stereocenters. The summed E-state index contributed by atoms with van der Waals surface area (Å²) in [6, 6.07) is 9.23. The van der Waals surface area contributed by atoms with Gasteiger partial charge in [0.05, 0.1) is 21.5 Å². The number of benzene rings is 2. The molecule has 7 heteroatoms. The lowest BCUT2D eigenvalue weighted by atomic mass is 10.2. The molecule has 2 aromatic carbocycles. The Labute approximate surface area is 129 Å². The molecule has 0 amide bonds. The number of aromatic nitrogens is 2. The average Bonchev–Trinajstić information content (AvgIpc) is 2.79. The maximum absolute atomic E-state index is 13.9. The molecule has 4 nitrogen and oxygen atoms in total. The zero-order valence-electron chi connectivity index (χ0n) is 10.9. The van der Waals surface area contributed by atoms with E-state index in [1.165, 1.54) is 18.2 Å². The summed E-state index contributed by atoms with van der Waals surface area (Å²) in [5, 5.41) is 0. The third-order valence-corrected chi connectivity index (χ3v) is 4.85. The van der Waals surface area contributed by atoms with Gasteiger partial charge in [0.2, 0.25) is 0 Å². The van der Waals surface area contributed by atoms with Crippen LogP contribution in [-0.4, -0.2) is 24.6 Å². The lowest BCUT2D eigenvalue weighted by molar-refractivity contribution is 0.602. The first-order valence-corrected chi connectivity index (χ1v) is 8.69. The first-order valence-electron chi connectivity index (χ1n) is 6.00. The first kappa shape index (κ1) is 14.2. The Bertz CT molecular complexity index is 931. The van der Waals surface area contributed by atoms with Gasteiger partial charge in [0.1, 0.15) is 11.6 Å². The molecule has 0 aliphatic rings. The van der Waals surface area contributed by atoms with E-state index in [9.17, 15) is 12.8 Å². The Morgan fingerprint density at radius 3 is 2.67 bits per heavy atom. The van der Waals surface area contributed by atoms with Crippen LogP contribution in [-0.2, 0) is 9.84 Å². The van der Waals surface area contributed by atoms with Gasteiger partial charge in [-0.1, -0.05) is 6.07 Å². The number of hydrogen-bond acceptors (Lipinski definition) is 3. The van der Waals surface area contributed by atoms with Crippen molar-refractivity contribution >= 4 is 36.8 Å². The number of nitrogens with zero attached hydrogens (tertiary/aromatic N) is 1. The molecule has 0 radical (unpaired) electrons. The van der Waals surface area contributed by atoms with Crippen LogP contribution in [0.15, 0.2) is 45.8 Å². The molecule has 0 saturated heterocycles. The normalized spacial score (nSPS) is 12.0. The van der Waals surface area contributed by atoms with Crippen molar-refractivity contribution in [2.24, 2.45) is 0 Å². The monoisotopic (exact) mass is 368 g/mol. The van der Waals surface area contributed by atoms with Crippen LogP contribution < -0.4 is 0 Å². The second-order valence-electron chi connectivity index (χ2n) is 4.63. The maximum Gasteiger partial charge on any atom is 0.175 e. The minimum absolute atomic E-state index is 0.192. The van der Waals surface area contributed by atoms with Gasteiger partial charge < -0.3 is 4.98 Å². The van der Waals surface area contributed by atoms with E-state index in [4.69, 9.17) is 0 Å². The van der Waals surface area contributed by atoms with Gasteiger partial charge >= 0.3 is 0 Å². The smallest absolute Gasteiger partial charge is 0.175 e. The molecule has 1 aromatic heterocycles. The van der Waals surface area contributed by atoms with Gasteiger partial charge in [0.25, 0.3) is 0 Å². The number of sulfone groups is 1. The third kappa shape index (κ3) is 2.58. The van der Waals surface area contributed by atoms with E-state index in [2.05, 4.69) is 25.9 Å². The molecule has 0 bridgehead atoms. The van der Waals surface area contributed by atoms with Crippen molar-refractivity contribution in [1.29, 1.82) is 0 Å². The van der Waals surface area contributed by atoms with Gasteiger partial charge in [-0.25, -0.2) is 17.8 Å². The summed E-state index contributed by atoms with van der Waals surface area (Å²) in [4.78, 5) is 7.46. The van der Waals surface area contributed by atoms with Gasteiger partial charge in [0, 0.05) is 10.7 Å². The molecule has 3 aromatic rings. The number of fused-ring (bicyclic) bond motifs is 1. The Morgan fingerprint density at radius 1 is 1.24 bits per heavy atom. The van der Waals surface area contributed by atoms with Crippen LogP contribution >= 0.6 is 15.9 Å². The van der Waals surface area contributed by atoms with Crippen molar-refractivity contribution < 1.29 is 12.8 Å². The quantitative estimate of drug-likeness (QED) is 0.752. The molecular formula is C14H10BrFN2O2S. The largest absolute Gasteiger partial charge is 0.338 e. The highest BCUT2D eigenvalue weighted by Crippen LogP contribution is 2.30. The summed E-state index contributed by atoms with van der Waals surface area (Å²) in [5.74, 6) is -0.0626. The van der Waals surface area contributed by atoms with Crippen LogP contribution in [0.5, 0.6) is 0 Å². The lowest BCUT2D eigenvalue weighted by Gasteiger charge is -2.01. The zero-order chi connectivity index (χ0) is 15.2. The molecule has 1 N–H and O–H groups in total. The summed E-state index contributed by atoms with van der Waals surface area (Å²) < 4.78 is 37.6. The van der Waals surface area contributed by atoms with Crippen LogP contribution in [0.2, 0.25) is 0 Å². The molecule has 21 heavy (non-hydrogen) atoms. The number of nitrogens with one attached hydrogen (secondary N) is 1. The predicted molar refractivity (Wildman–Crippen MR) is 82.3 cm³/mol. The highest BCUT2D eigenvalue weighted by Gasteiger charge is 2.15. The fourth-order valence-corrected chi connectivity index (χ4v) is 3.24. The Morgan fingerprint density at radius 2 is 2.00 bits per heavy atom. The van der Waals surface area contributed by atoms with E-state index in [0.29, 0.717) is 26.9 Å². The standard InChI is InChI=1S/C14H10BrFN2O2S/c1-21(19,20)8-5-6-11-12(7-8)18-14(17-11)13-9(15)3-2-4-10(13)16/h2-7H,1H3,(H,17,18). The number of H-pyrrole nitrogens is 1. The Kier molecular flexibility index (Phi) is 3.33. The molecular weight excluding hydrogens is 359 g/mol. The van der Waals surface area contributed by atoms with Crippen LogP contribution in [0.4, 0.5) is 4.39 Å². The molecule has 0 unspecified atom stereocenters. The Balaban J connectivity index is 2.23. The van der Waals surface area contributed by atoms with Crippen molar-refractivity contribution in [2.45, 2.75) is 4.90 Å². The lowest BCUT2D eigenvalue weighted by Crippen LogP contribution is -1.96. The summed E-state index contributed by atoms with van der Waals surface area (Å²) in [6.45, 7) is 0. The minimum atomic E-state index is -3.30. The van der Waals surface area contributed by atoms with Crippen LogP contribution in [0.3, 0.4) is 0 Å². The minimum Gasteiger partial charge on any atom is -0.338 e. The molecule has 0 aliphatic carbocycles. The van der Waals surface area contributed by atoms with E-state index >= 15 is 0 Å². The highest BCUT2D eigenvalue weighted by atomic mass is 79.9. The number of halogens is 2. The predicted octanol–water partition coefficient (Wildman–Crippen LogP) is 3.54. The molecule has 108 valence electrons. The highest BCUT2D eigenvalue weighted by molar-refractivity contribution is 9.10. The fourth-order valence-electron chi connectivity index (χ4n) is 2.06. The summed E-state index contributed by atoms with van der Waals surface area (Å²) in [5.41, 5.74) is 1.44. The van der Waals surface area contributed by atoms with Crippen molar-refractivity contribution in [3.8, 4) is 11.4 Å². The molecule has 0 saturated carbocycles. The van der Waals surface area contributed by atoms with Gasteiger partial charge in [-0.05, 0) is 46.3 Å². The van der Waals surface area contributed by atoms with Gasteiger partial charge in [-0.15, -0.1) is 0 Å². The van der Waals surface area contributed by atoms with E-state index in [1.807, 2.05) is 0 Å². The van der Waals surface area contributed by atoms with Crippen molar-refractivity contribution in [3.63, 3.8) is 0 Å². The topological polar surface area (TPSA) is 62.8 Å². The van der Waals surface area contributed by atoms with Crippen molar-refractivity contribution in [1.82, 2.24) is 9.97 Å². The molecule has 3 rings (SSSR count). The number of hydrogen-bond donors (Lipinski definition) is 1. The first-order chi connectivity index (χ1) is 9.86. The molecule has 1 heterocycles. The fraction of sp³-hybridized carbons (Fsp3) is 0.0714. The van der Waals surface area contributed by atoms with Gasteiger partial charge in [-0.3, -0.25) is 0 Å². The van der Waals surface area contributed by atoms with E-state index in [0.717, 1.165) is 6.26 Å².